The highest BCUT2D eigenvalue weighted by molar-refractivity contribution is 5.40. The van der Waals surface area contributed by atoms with Gasteiger partial charge in [-0.25, -0.2) is 5.43 Å². The highest BCUT2D eigenvalue weighted by atomic mass is 16.5. The molecule has 0 amide bonds. The van der Waals surface area contributed by atoms with Gasteiger partial charge in [0.25, 0.3) is 0 Å². The summed E-state index contributed by atoms with van der Waals surface area (Å²) in [7, 11) is 0. The van der Waals surface area contributed by atoms with E-state index in [0.29, 0.717) is 12.1 Å². The molecule has 0 bridgehead atoms. The lowest BCUT2D eigenvalue weighted by Gasteiger charge is -2.46. The van der Waals surface area contributed by atoms with Gasteiger partial charge in [-0.05, 0) is 30.9 Å². The highest BCUT2D eigenvalue weighted by Gasteiger charge is 2.53. The number of benzene rings is 2. The van der Waals surface area contributed by atoms with E-state index in [1.807, 2.05) is 0 Å². The van der Waals surface area contributed by atoms with Crippen LogP contribution in [0.5, 0.6) is 5.75 Å². The van der Waals surface area contributed by atoms with Gasteiger partial charge >= 0.3 is 0 Å². The lowest BCUT2D eigenvalue weighted by molar-refractivity contribution is -0.133. The maximum absolute atomic E-state index is 6.54. The van der Waals surface area contributed by atoms with Crippen molar-refractivity contribution >= 4 is 0 Å². The molecule has 3 heteroatoms. The summed E-state index contributed by atoms with van der Waals surface area (Å²) in [5.41, 5.74) is 6.34. The Morgan fingerprint density at radius 2 is 1.70 bits per heavy atom. The van der Waals surface area contributed by atoms with Crippen LogP contribution in [0, 0.1) is 0 Å². The molecular formula is C20H22N2O. The van der Waals surface area contributed by atoms with E-state index in [-0.39, 0.29) is 5.72 Å². The van der Waals surface area contributed by atoms with E-state index in [2.05, 4.69) is 65.0 Å². The van der Waals surface area contributed by atoms with Crippen molar-refractivity contribution in [3.63, 3.8) is 0 Å². The first-order chi connectivity index (χ1) is 11.4. The predicted octanol–water partition coefficient (Wildman–Crippen LogP) is 4.34. The molecule has 2 aliphatic heterocycles. The topological polar surface area (TPSA) is 24.5 Å². The summed E-state index contributed by atoms with van der Waals surface area (Å²) in [5.74, 6) is 1.09. The molecule has 1 aliphatic carbocycles. The van der Waals surface area contributed by atoms with Gasteiger partial charge in [-0.3, -0.25) is 0 Å². The summed E-state index contributed by atoms with van der Waals surface area (Å²) in [4.78, 5) is 0. The van der Waals surface area contributed by atoms with E-state index in [0.717, 1.165) is 25.0 Å². The molecule has 23 heavy (non-hydrogen) atoms. The van der Waals surface area contributed by atoms with Crippen molar-refractivity contribution in [2.75, 3.05) is 0 Å². The van der Waals surface area contributed by atoms with Gasteiger partial charge in [-0.1, -0.05) is 48.5 Å². The molecule has 2 fully saturated rings. The van der Waals surface area contributed by atoms with Crippen LogP contribution in [0.15, 0.2) is 54.6 Å². The second-order valence-corrected chi connectivity index (χ2v) is 7.01. The molecule has 1 N–H and O–H groups in total. The number of hydrogen-bond acceptors (Lipinski definition) is 3. The third-order valence-electron chi connectivity index (χ3n) is 5.67. The Morgan fingerprint density at radius 3 is 2.52 bits per heavy atom. The number of rotatable bonds is 1. The Hall–Kier alpha value is -1.84. The minimum Gasteiger partial charge on any atom is -0.471 e. The van der Waals surface area contributed by atoms with E-state index < -0.39 is 0 Å². The molecule has 2 heterocycles. The van der Waals surface area contributed by atoms with Crippen molar-refractivity contribution in [2.24, 2.45) is 0 Å². The van der Waals surface area contributed by atoms with Crippen LogP contribution in [-0.4, -0.2) is 10.7 Å². The van der Waals surface area contributed by atoms with Crippen molar-refractivity contribution in [3.05, 3.63) is 65.7 Å². The monoisotopic (exact) mass is 306 g/mol. The SMILES string of the molecule is c1ccc([C@@H]2C[C@@H]3c4ccccc4OC4(CCCC4)N3N2)cc1. The Bertz CT molecular complexity index is 709. The van der Waals surface area contributed by atoms with Crippen molar-refractivity contribution < 1.29 is 4.74 Å². The first-order valence-electron chi connectivity index (χ1n) is 8.74. The number of hydrazine groups is 1. The molecule has 2 aromatic rings. The molecule has 0 radical (unpaired) electrons. The fourth-order valence-corrected chi connectivity index (χ4v) is 4.58. The molecule has 1 spiro atoms. The maximum atomic E-state index is 6.54. The van der Waals surface area contributed by atoms with Gasteiger partial charge in [0, 0.05) is 24.4 Å². The molecule has 2 atom stereocenters. The smallest absolute Gasteiger partial charge is 0.176 e. The molecular weight excluding hydrogens is 284 g/mol. The number of hydrogen-bond donors (Lipinski definition) is 1. The summed E-state index contributed by atoms with van der Waals surface area (Å²) in [5, 5.41) is 2.44. The quantitative estimate of drug-likeness (QED) is 0.848. The van der Waals surface area contributed by atoms with Gasteiger partial charge in [-0.2, -0.15) is 5.01 Å². The minimum absolute atomic E-state index is 0.150. The zero-order chi connectivity index (χ0) is 15.3. The zero-order valence-electron chi connectivity index (χ0n) is 13.2. The first kappa shape index (κ1) is 13.6. The van der Waals surface area contributed by atoms with E-state index in [9.17, 15) is 0 Å². The van der Waals surface area contributed by atoms with Crippen LogP contribution in [0.4, 0.5) is 0 Å². The lowest BCUT2D eigenvalue weighted by atomic mass is 9.94. The van der Waals surface area contributed by atoms with Crippen molar-refractivity contribution in [3.8, 4) is 5.75 Å². The van der Waals surface area contributed by atoms with E-state index in [4.69, 9.17) is 4.74 Å². The molecule has 1 saturated heterocycles. The van der Waals surface area contributed by atoms with Crippen molar-refractivity contribution in [2.45, 2.75) is 49.9 Å². The molecule has 118 valence electrons. The maximum Gasteiger partial charge on any atom is 0.176 e. The van der Waals surface area contributed by atoms with Crippen LogP contribution in [0.25, 0.3) is 0 Å². The Morgan fingerprint density at radius 1 is 0.957 bits per heavy atom. The number of ether oxygens (including phenoxy) is 1. The van der Waals surface area contributed by atoms with E-state index in [1.54, 1.807) is 0 Å². The molecule has 2 aromatic carbocycles. The Kier molecular flexibility index (Phi) is 3.00. The molecule has 3 nitrogen and oxygen atoms in total. The third-order valence-corrected chi connectivity index (χ3v) is 5.67. The van der Waals surface area contributed by atoms with Crippen LogP contribution in [0.1, 0.15) is 55.3 Å². The highest BCUT2D eigenvalue weighted by Crippen LogP contribution is 2.52. The zero-order valence-corrected chi connectivity index (χ0v) is 13.2. The molecule has 0 aromatic heterocycles. The van der Waals surface area contributed by atoms with Gasteiger partial charge in [0.2, 0.25) is 0 Å². The molecule has 3 aliphatic rings. The number of nitrogens with one attached hydrogen (secondary N) is 1. The second kappa shape index (κ2) is 5.08. The molecule has 5 rings (SSSR count). The largest absolute Gasteiger partial charge is 0.471 e. The van der Waals surface area contributed by atoms with Crippen molar-refractivity contribution in [1.82, 2.24) is 10.4 Å². The van der Waals surface area contributed by atoms with Crippen LogP contribution < -0.4 is 10.2 Å². The standard InChI is InChI=1S/C20H22N2O/c1-2-8-15(9-3-1)17-14-18-16-10-4-5-11-19(16)23-20(22(18)21-17)12-6-7-13-20/h1-5,8-11,17-18,21H,6-7,12-14H2/t17-,18+/m0/s1. The van der Waals surface area contributed by atoms with Gasteiger partial charge in [-0.15, -0.1) is 0 Å². The Labute approximate surface area is 137 Å². The van der Waals surface area contributed by atoms with E-state index in [1.165, 1.54) is 24.0 Å². The summed E-state index contributed by atoms with van der Waals surface area (Å²) in [6.45, 7) is 0. The molecule has 1 saturated carbocycles. The number of nitrogens with zero attached hydrogens (tertiary/aromatic N) is 1. The molecule has 0 unspecified atom stereocenters. The fourth-order valence-electron chi connectivity index (χ4n) is 4.58. The average Bonchev–Trinajstić information content (AvgIpc) is 3.24. The third kappa shape index (κ3) is 2.03. The lowest BCUT2D eigenvalue weighted by Crippen LogP contribution is -2.57. The Balaban J connectivity index is 1.57. The van der Waals surface area contributed by atoms with Gasteiger partial charge in [0.05, 0.1) is 6.04 Å². The van der Waals surface area contributed by atoms with Crippen LogP contribution in [-0.2, 0) is 0 Å². The van der Waals surface area contributed by atoms with E-state index >= 15 is 0 Å². The number of fused-ring (bicyclic) bond motifs is 4. The average molecular weight is 306 g/mol. The number of para-hydroxylation sites is 1. The minimum atomic E-state index is -0.150. The summed E-state index contributed by atoms with van der Waals surface area (Å²) in [6.07, 6.45) is 5.84. The van der Waals surface area contributed by atoms with Crippen LogP contribution in [0.2, 0.25) is 0 Å². The van der Waals surface area contributed by atoms with Gasteiger partial charge in [0.1, 0.15) is 5.75 Å². The van der Waals surface area contributed by atoms with Gasteiger partial charge in [0.15, 0.2) is 5.72 Å². The summed E-state index contributed by atoms with van der Waals surface area (Å²) >= 11 is 0. The fraction of sp³-hybridized carbons (Fsp3) is 0.400. The van der Waals surface area contributed by atoms with Crippen LogP contribution in [0.3, 0.4) is 0 Å². The summed E-state index contributed by atoms with van der Waals surface area (Å²) < 4.78 is 6.54. The normalized spacial score (nSPS) is 28.3. The second-order valence-electron chi connectivity index (χ2n) is 7.01. The summed E-state index contributed by atoms with van der Waals surface area (Å²) in [6, 6.07) is 20.2. The predicted molar refractivity (Wildman–Crippen MR) is 89.8 cm³/mol. The first-order valence-corrected chi connectivity index (χ1v) is 8.74. The van der Waals surface area contributed by atoms with Crippen molar-refractivity contribution in [1.29, 1.82) is 0 Å². The van der Waals surface area contributed by atoms with Gasteiger partial charge < -0.3 is 4.74 Å². The van der Waals surface area contributed by atoms with Crippen LogP contribution >= 0.6 is 0 Å².